The van der Waals surface area contributed by atoms with Crippen molar-refractivity contribution in [3.8, 4) is 0 Å². The van der Waals surface area contributed by atoms with E-state index in [1.54, 1.807) is 6.07 Å². The SMILES string of the molecule is CC.CCC=N.O=C1CSC(=Nc2[c-]cccc2)N1.[Pr]. The van der Waals surface area contributed by atoms with Crippen molar-refractivity contribution in [2.24, 2.45) is 4.99 Å². The first kappa shape index (κ1) is 22.0. The number of thioether (sulfide) groups is 1. The maximum Gasteiger partial charge on any atom is 0.236 e. The molecule has 1 aliphatic rings. The van der Waals surface area contributed by atoms with E-state index in [1.807, 2.05) is 39.0 Å². The second-order valence-corrected chi connectivity index (χ2v) is 4.08. The topological polar surface area (TPSA) is 65.3 Å². The van der Waals surface area contributed by atoms with Gasteiger partial charge >= 0.3 is 0 Å². The van der Waals surface area contributed by atoms with Gasteiger partial charge in [0.25, 0.3) is 0 Å². The van der Waals surface area contributed by atoms with E-state index in [9.17, 15) is 4.79 Å². The van der Waals surface area contributed by atoms with Crippen LogP contribution in [0.4, 0.5) is 5.69 Å². The van der Waals surface area contributed by atoms with E-state index in [4.69, 9.17) is 5.41 Å². The first-order valence-corrected chi connectivity index (χ1v) is 7.21. The Morgan fingerprint density at radius 1 is 1.50 bits per heavy atom. The molecular formula is C14H20N3OPrS-. The number of amides is 1. The third kappa shape index (κ3) is 10.5. The molecule has 1 aromatic rings. The average Bonchev–Trinajstić information content (AvgIpc) is 2.88. The van der Waals surface area contributed by atoms with Crippen molar-refractivity contribution in [2.45, 2.75) is 27.2 Å². The summed E-state index contributed by atoms with van der Waals surface area (Å²) in [7, 11) is 0. The fourth-order valence-electron chi connectivity index (χ4n) is 0.948. The Hall–Kier alpha value is -0.256. The first-order chi connectivity index (χ1) is 9.26. The van der Waals surface area contributed by atoms with Gasteiger partial charge in [-0.3, -0.25) is 9.79 Å². The Morgan fingerprint density at radius 3 is 2.55 bits per heavy atom. The van der Waals surface area contributed by atoms with Crippen LogP contribution in [0, 0.1) is 52.8 Å². The van der Waals surface area contributed by atoms with E-state index < -0.39 is 0 Å². The number of carbonyl (C=O) groups excluding carboxylic acids is 1. The van der Waals surface area contributed by atoms with E-state index >= 15 is 0 Å². The van der Waals surface area contributed by atoms with Crippen LogP contribution in [0.25, 0.3) is 0 Å². The molecule has 0 aromatic heterocycles. The molecule has 107 valence electrons. The summed E-state index contributed by atoms with van der Waals surface area (Å²) in [4.78, 5) is 15.0. The van der Waals surface area contributed by atoms with E-state index in [-0.39, 0.29) is 47.2 Å². The molecule has 0 spiro atoms. The van der Waals surface area contributed by atoms with Crippen molar-refractivity contribution in [2.75, 3.05) is 5.75 Å². The van der Waals surface area contributed by atoms with E-state index in [1.165, 1.54) is 18.0 Å². The van der Waals surface area contributed by atoms with Crippen molar-refractivity contribution in [1.29, 1.82) is 5.41 Å². The van der Waals surface area contributed by atoms with Crippen LogP contribution in [0.2, 0.25) is 0 Å². The first-order valence-electron chi connectivity index (χ1n) is 6.23. The smallest absolute Gasteiger partial charge is 0.236 e. The van der Waals surface area contributed by atoms with Crippen LogP contribution in [0.3, 0.4) is 0 Å². The summed E-state index contributed by atoms with van der Waals surface area (Å²) in [5.74, 6) is 0.478. The molecule has 1 aliphatic heterocycles. The Morgan fingerprint density at radius 2 is 2.15 bits per heavy atom. The summed E-state index contributed by atoms with van der Waals surface area (Å²) >= 11 is 1.41. The van der Waals surface area contributed by atoms with Gasteiger partial charge < -0.3 is 10.7 Å². The van der Waals surface area contributed by atoms with Crippen molar-refractivity contribution in [3.05, 3.63) is 30.3 Å². The van der Waals surface area contributed by atoms with Gasteiger partial charge in [0.1, 0.15) is 0 Å². The predicted molar refractivity (Wildman–Crippen MR) is 83.4 cm³/mol. The van der Waals surface area contributed by atoms with Gasteiger partial charge in [-0.1, -0.05) is 32.5 Å². The van der Waals surface area contributed by atoms with Crippen molar-refractivity contribution < 1.29 is 46.1 Å². The van der Waals surface area contributed by atoms with Gasteiger partial charge in [0.15, 0.2) is 5.17 Å². The minimum atomic E-state index is 0. The zero-order valence-electron chi connectivity index (χ0n) is 12.1. The summed E-state index contributed by atoms with van der Waals surface area (Å²) < 4.78 is 0. The number of nitrogens with zero attached hydrogens (tertiary/aromatic N) is 1. The minimum Gasteiger partial charge on any atom is -0.313 e. The van der Waals surface area contributed by atoms with Gasteiger partial charge in [-0.15, -0.1) is 6.07 Å². The molecule has 1 amide bonds. The molecule has 0 aliphatic carbocycles. The molecule has 0 atom stereocenters. The van der Waals surface area contributed by atoms with Gasteiger partial charge in [-0.2, -0.15) is 24.3 Å². The second-order valence-electron chi connectivity index (χ2n) is 3.11. The Bertz CT molecular complexity index is 410. The van der Waals surface area contributed by atoms with Crippen molar-refractivity contribution in [3.63, 3.8) is 0 Å². The normalized spacial score (nSPS) is 13.9. The summed E-state index contributed by atoms with van der Waals surface area (Å²) in [5.41, 5.74) is 0.743. The molecule has 1 fully saturated rings. The summed E-state index contributed by atoms with van der Waals surface area (Å²) in [6.45, 7) is 5.94. The third-order valence-electron chi connectivity index (χ3n) is 1.71. The monoisotopic (exact) mass is 419 g/mol. The molecule has 2 N–H and O–H groups in total. The van der Waals surface area contributed by atoms with Crippen molar-refractivity contribution in [1.82, 2.24) is 5.32 Å². The molecule has 20 heavy (non-hydrogen) atoms. The van der Waals surface area contributed by atoms with Gasteiger partial charge in [-0.05, 0) is 18.3 Å². The molecule has 1 heterocycles. The number of hydrogen-bond donors (Lipinski definition) is 2. The van der Waals surface area contributed by atoms with Gasteiger partial charge in [-0.25, -0.2) is 0 Å². The van der Waals surface area contributed by atoms with E-state index in [0.717, 1.165) is 12.1 Å². The number of hydrogen-bond acceptors (Lipinski definition) is 4. The predicted octanol–water partition coefficient (Wildman–Crippen LogP) is 3.41. The van der Waals surface area contributed by atoms with Crippen LogP contribution in [0.1, 0.15) is 27.2 Å². The van der Waals surface area contributed by atoms with Crippen LogP contribution in [0.15, 0.2) is 29.3 Å². The molecule has 1 radical (unpaired) electrons. The summed E-state index contributed by atoms with van der Waals surface area (Å²) in [5, 5.41) is 9.64. The molecule has 0 unspecified atom stereocenters. The van der Waals surface area contributed by atoms with Gasteiger partial charge in [0, 0.05) is 41.3 Å². The van der Waals surface area contributed by atoms with E-state index in [2.05, 4.69) is 16.4 Å². The molecule has 4 nitrogen and oxygen atoms in total. The molecule has 0 saturated carbocycles. The second kappa shape index (κ2) is 15.1. The summed E-state index contributed by atoms with van der Waals surface area (Å²) in [6.07, 6.45) is 2.24. The molecule has 0 bridgehead atoms. The number of carbonyl (C=O) groups is 1. The molecule has 2 rings (SSSR count). The zero-order chi connectivity index (χ0) is 14.5. The number of amidine groups is 1. The van der Waals surface area contributed by atoms with Crippen molar-refractivity contribution >= 4 is 34.7 Å². The Labute approximate surface area is 158 Å². The number of rotatable bonds is 2. The fraction of sp³-hybridized carbons (Fsp3) is 0.357. The standard InChI is InChI=1S/C9H7N2OS.C3H7N.C2H6.Pr/c12-8-6-13-9(11-8)10-7-4-2-1-3-5-7;1-2-3-4;1-2;/h1-4H,6H2,(H,10,11,12);3-4H,2H2,1H3;1-2H3;/q-1;;;. The number of aliphatic imine (C=N–C) groups is 1. The van der Waals surface area contributed by atoms with Gasteiger partial charge in [0.2, 0.25) is 5.91 Å². The molecular weight excluding hydrogens is 399 g/mol. The largest absolute Gasteiger partial charge is 0.313 e. The van der Waals surface area contributed by atoms with Crippen LogP contribution >= 0.6 is 11.8 Å². The van der Waals surface area contributed by atoms with Crippen LogP contribution in [0.5, 0.6) is 0 Å². The molecule has 6 heteroatoms. The average molecular weight is 419 g/mol. The Kier molecular flexibility index (Phi) is 16.7. The van der Waals surface area contributed by atoms with Crippen LogP contribution in [-0.4, -0.2) is 23.0 Å². The maximum atomic E-state index is 10.8. The minimum absolute atomic E-state index is 0. The molecule has 1 saturated heterocycles. The Balaban J connectivity index is 0. The number of para-hydroxylation sites is 1. The quantitative estimate of drug-likeness (QED) is 0.570. The third-order valence-corrected chi connectivity index (χ3v) is 2.58. The number of benzene rings is 1. The van der Waals surface area contributed by atoms with Crippen LogP contribution in [-0.2, 0) is 4.79 Å². The van der Waals surface area contributed by atoms with Crippen LogP contribution < -0.4 is 5.32 Å². The molecule has 1 aromatic carbocycles. The fourth-order valence-corrected chi connectivity index (χ4v) is 1.64. The van der Waals surface area contributed by atoms with E-state index in [0.29, 0.717) is 10.9 Å². The van der Waals surface area contributed by atoms with Gasteiger partial charge in [0.05, 0.1) is 5.75 Å². The number of nitrogens with one attached hydrogen (secondary N) is 2. The maximum absolute atomic E-state index is 10.8. The zero-order valence-corrected chi connectivity index (χ0v) is 16.7. The summed E-state index contributed by atoms with van der Waals surface area (Å²) in [6, 6.07) is 10.4.